The van der Waals surface area contributed by atoms with Crippen LogP contribution in [-0.2, 0) is 24.3 Å². The lowest BCUT2D eigenvalue weighted by Gasteiger charge is -2.27. The Morgan fingerprint density at radius 2 is 2.11 bits per heavy atom. The molecule has 0 unspecified atom stereocenters. The molecule has 1 aromatic carbocycles. The van der Waals surface area contributed by atoms with Crippen LogP contribution in [0.2, 0.25) is 0 Å². The lowest BCUT2D eigenvalue weighted by atomic mass is 9.88. The van der Waals surface area contributed by atoms with E-state index in [-0.39, 0.29) is 30.6 Å². The number of nitrogens with one attached hydrogen (secondary N) is 1. The lowest BCUT2D eigenvalue weighted by molar-refractivity contribution is -0.122. The second-order valence-corrected chi connectivity index (χ2v) is 11.3. The summed E-state index contributed by atoms with van der Waals surface area (Å²) in [5, 5.41) is 19.2. The van der Waals surface area contributed by atoms with E-state index in [0.29, 0.717) is 47.6 Å². The standard InChI is InChI=1S/C28H28FN5O2S/c29-24-12-18(21-13-26(37-16-21)28(36)33-7-8-34-23(15-33)5-6-31-34)1-2-19(24)9-17(14-30)10-25(35)27-20-3-4-22(11-20)32-27/h1-2,5-6,12-13,16-17,20,22,27,32H,3-4,7-11,15H2/t17-,20+,22-,27+/m1/s1. The number of piperidine rings is 1. The molecule has 37 heavy (non-hydrogen) atoms. The van der Waals surface area contributed by atoms with Gasteiger partial charge < -0.3 is 10.2 Å². The molecule has 190 valence electrons. The average molecular weight is 518 g/mol. The van der Waals surface area contributed by atoms with Crippen LogP contribution in [0.25, 0.3) is 11.1 Å². The normalized spacial score (nSPS) is 23.0. The molecule has 7 nitrogen and oxygen atoms in total. The minimum absolute atomic E-state index is 0.0349. The topological polar surface area (TPSA) is 91.0 Å². The van der Waals surface area contributed by atoms with E-state index in [1.54, 1.807) is 12.3 Å². The number of benzene rings is 1. The summed E-state index contributed by atoms with van der Waals surface area (Å²) < 4.78 is 17.0. The molecule has 1 amide bonds. The predicted molar refractivity (Wildman–Crippen MR) is 137 cm³/mol. The maximum Gasteiger partial charge on any atom is 0.264 e. The van der Waals surface area contributed by atoms with E-state index in [9.17, 15) is 14.9 Å². The number of fused-ring (bicyclic) bond motifs is 3. The fourth-order valence-electron chi connectivity index (χ4n) is 6.02. The molecule has 1 saturated carbocycles. The first-order valence-corrected chi connectivity index (χ1v) is 13.7. The SMILES string of the molecule is N#C[C@@H](CC(=O)[C@H]1N[C@@H]2CC[C@H]1C2)Cc1ccc(-c2csc(C(=O)N3CCn4nccc4C3)c2)cc1F. The third-order valence-corrected chi connectivity index (χ3v) is 8.94. The molecule has 6 rings (SSSR count). The van der Waals surface area contributed by atoms with Crippen LogP contribution in [0.3, 0.4) is 0 Å². The van der Waals surface area contributed by atoms with E-state index in [1.807, 2.05) is 33.2 Å². The monoisotopic (exact) mass is 517 g/mol. The number of Topliss-reactive ketones (excluding diaryl/α,β-unsaturated/α-hetero) is 1. The Bertz CT molecular complexity index is 1390. The molecule has 2 aliphatic heterocycles. The second-order valence-electron chi connectivity index (χ2n) is 10.4. The van der Waals surface area contributed by atoms with E-state index in [0.717, 1.165) is 30.5 Å². The molecule has 1 N–H and O–H groups in total. The summed E-state index contributed by atoms with van der Waals surface area (Å²) in [6, 6.07) is 11.2. The zero-order chi connectivity index (χ0) is 25.5. The van der Waals surface area contributed by atoms with Gasteiger partial charge in [-0.2, -0.15) is 10.4 Å². The van der Waals surface area contributed by atoms with Gasteiger partial charge >= 0.3 is 0 Å². The Labute approximate surface area is 218 Å². The number of thiophene rings is 1. The third kappa shape index (κ3) is 4.72. The summed E-state index contributed by atoms with van der Waals surface area (Å²) in [7, 11) is 0. The first-order chi connectivity index (χ1) is 18.0. The molecular weight excluding hydrogens is 489 g/mol. The maximum atomic E-state index is 15.1. The predicted octanol–water partition coefficient (Wildman–Crippen LogP) is 4.19. The number of hydrogen-bond donors (Lipinski definition) is 1. The Kier molecular flexibility index (Phi) is 6.39. The molecule has 2 fully saturated rings. The highest BCUT2D eigenvalue weighted by Crippen LogP contribution is 2.36. The van der Waals surface area contributed by atoms with E-state index in [2.05, 4.69) is 16.5 Å². The number of amides is 1. The van der Waals surface area contributed by atoms with Crippen molar-refractivity contribution in [2.75, 3.05) is 6.54 Å². The first-order valence-electron chi connectivity index (χ1n) is 12.8. The molecule has 3 aliphatic rings. The fraction of sp³-hybridized carbons (Fsp3) is 0.429. The minimum Gasteiger partial charge on any atom is -0.330 e. The van der Waals surface area contributed by atoms with Crippen LogP contribution < -0.4 is 5.32 Å². The van der Waals surface area contributed by atoms with Gasteiger partial charge in [-0.3, -0.25) is 14.3 Å². The molecule has 2 bridgehead atoms. The van der Waals surface area contributed by atoms with Crippen LogP contribution >= 0.6 is 11.3 Å². The quantitative estimate of drug-likeness (QED) is 0.508. The molecule has 2 aromatic heterocycles. The Hall–Kier alpha value is -3.35. The highest BCUT2D eigenvalue weighted by Gasteiger charge is 2.42. The van der Waals surface area contributed by atoms with E-state index >= 15 is 4.39 Å². The van der Waals surface area contributed by atoms with Crippen molar-refractivity contribution in [1.29, 1.82) is 5.26 Å². The fourth-order valence-corrected chi connectivity index (χ4v) is 6.91. The highest BCUT2D eigenvalue weighted by molar-refractivity contribution is 7.12. The molecule has 1 saturated heterocycles. The van der Waals surface area contributed by atoms with Crippen LogP contribution in [-0.4, -0.2) is 45.0 Å². The van der Waals surface area contributed by atoms with Gasteiger partial charge in [-0.15, -0.1) is 11.3 Å². The Morgan fingerprint density at radius 3 is 2.86 bits per heavy atom. The van der Waals surface area contributed by atoms with Gasteiger partial charge in [0.1, 0.15) is 5.82 Å². The molecule has 0 spiro atoms. The Morgan fingerprint density at radius 1 is 1.22 bits per heavy atom. The molecule has 9 heteroatoms. The van der Waals surface area contributed by atoms with Crippen molar-refractivity contribution in [1.82, 2.24) is 20.0 Å². The zero-order valence-corrected chi connectivity index (χ0v) is 21.2. The molecule has 1 aliphatic carbocycles. The molecule has 3 aromatic rings. The van der Waals surface area contributed by atoms with Gasteiger partial charge in [-0.25, -0.2) is 4.39 Å². The first kappa shape index (κ1) is 24.0. The number of carbonyl (C=O) groups is 2. The van der Waals surface area contributed by atoms with Crippen molar-refractivity contribution < 1.29 is 14.0 Å². The largest absolute Gasteiger partial charge is 0.330 e. The van der Waals surface area contributed by atoms with Gasteiger partial charge in [-0.05, 0) is 71.9 Å². The van der Waals surface area contributed by atoms with Crippen LogP contribution in [0.15, 0.2) is 41.9 Å². The van der Waals surface area contributed by atoms with Crippen molar-refractivity contribution >= 4 is 23.0 Å². The number of halogens is 1. The number of carbonyl (C=O) groups excluding carboxylic acids is 2. The van der Waals surface area contributed by atoms with Gasteiger partial charge in [0.15, 0.2) is 5.78 Å². The van der Waals surface area contributed by atoms with Crippen LogP contribution in [0.4, 0.5) is 4.39 Å². The summed E-state index contributed by atoms with van der Waals surface area (Å²) in [4.78, 5) is 28.3. The van der Waals surface area contributed by atoms with E-state index in [4.69, 9.17) is 0 Å². The number of rotatable bonds is 7. The van der Waals surface area contributed by atoms with Crippen LogP contribution in [0, 0.1) is 29.0 Å². The van der Waals surface area contributed by atoms with Gasteiger partial charge in [0.05, 0.1) is 41.7 Å². The number of ketones is 1. The summed E-state index contributed by atoms with van der Waals surface area (Å²) in [6.07, 6.45) is 5.33. The summed E-state index contributed by atoms with van der Waals surface area (Å²) >= 11 is 1.36. The zero-order valence-electron chi connectivity index (χ0n) is 20.4. The van der Waals surface area contributed by atoms with Gasteiger partial charge in [-0.1, -0.05) is 12.1 Å². The lowest BCUT2D eigenvalue weighted by Crippen LogP contribution is -2.42. The third-order valence-electron chi connectivity index (χ3n) is 8.03. The smallest absolute Gasteiger partial charge is 0.264 e. The van der Waals surface area contributed by atoms with E-state index < -0.39 is 11.7 Å². The van der Waals surface area contributed by atoms with Gasteiger partial charge in [0.2, 0.25) is 0 Å². The van der Waals surface area contributed by atoms with Gasteiger partial charge in [0, 0.05) is 25.2 Å². The van der Waals surface area contributed by atoms with Crippen molar-refractivity contribution in [2.24, 2.45) is 11.8 Å². The number of nitriles is 1. The van der Waals surface area contributed by atoms with Crippen molar-refractivity contribution in [3.63, 3.8) is 0 Å². The van der Waals surface area contributed by atoms with Crippen molar-refractivity contribution in [3.05, 3.63) is 63.9 Å². The average Bonchev–Trinajstić information content (AvgIpc) is 3.72. The molecule has 0 radical (unpaired) electrons. The number of hydrogen-bond acceptors (Lipinski definition) is 6. The number of nitrogens with zero attached hydrogens (tertiary/aromatic N) is 4. The van der Waals surface area contributed by atoms with Crippen molar-refractivity contribution in [3.8, 4) is 17.2 Å². The summed E-state index contributed by atoms with van der Waals surface area (Å²) in [6.45, 7) is 1.80. The number of aromatic nitrogens is 2. The molecule has 4 heterocycles. The molecule has 4 atom stereocenters. The van der Waals surface area contributed by atoms with Crippen LogP contribution in [0.5, 0.6) is 0 Å². The second kappa shape index (κ2) is 9.84. The highest BCUT2D eigenvalue weighted by atomic mass is 32.1. The van der Waals surface area contributed by atoms with Crippen LogP contribution in [0.1, 0.15) is 46.6 Å². The maximum absolute atomic E-state index is 15.1. The van der Waals surface area contributed by atoms with Crippen molar-refractivity contribution in [2.45, 2.75) is 57.3 Å². The van der Waals surface area contributed by atoms with Gasteiger partial charge in [0.25, 0.3) is 5.91 Å². The summed E-state index contributed by atoms with van der Waals surface area (Å²) in [5.41, 5.74) is 2.91. The minimum atomic E-state index is -0.556. The van der Waals surface area contributed by atoms with E-state index in [1.165, 1.54) is 17.4 Å². The summed E-state index contributed by atoms with van der Waals surface area (Å²) in [5.74, 6) is -0.531. The molecular formula is C28H28FN5O2S. The Balaban J connectivity index is 1.10.